The number of carbonyl (C=O) groups excluding carboxylic acids is 2. The van der Waals surface area contributed by atoms with E-state index < -0.39 is 24.9 Å². The summed E-state index contributed by atoms with van der Waals surface area (Å²) in [5, 5.41) is 13.2. The van der Waals surface area contributed by atoms with Crippen LogP contribution in [0.1, 0.15) is 46.9 Å². The molecule has 2 amide bonds. The molecule has 176 valence electrons. The smallest absolute Gasteiger partial charge is 0.427 e. The summed E-state index contributed by atoms with van der Waals surface area (Å²) < 4.78 is 47.0. The molecule has 0 spiro atoms. The fraction of sp³-hybridized carbons (Fsp3) is 0.550. The van der Waals surface area contributed by atoms with Crippen molar-refractivity contribution >= 4 is 36.1 Å². The maximum Gasteiger partial charge on any atom is 0.454 e. The van der Waals surface area contributed by atoms with Crippen molar-refractivity contribution in [3.63, 3.8) is 0 Å². The Balaban J connectivity index is 1.40. The van der Waals surface area contributed by atoms with E-state index in [1.165, 1.54) is 4.90 Å². The minimum Gasteiger partial charge on any atom is -0.427 e. The molecule has 1 unspecified atom stereocenters. The predicted octanol–water partition coefficient (Wildman–Crippen LogP) is 2.44. The Morgan fingerprint density at radius 3 is 2.61 bits per heavy atom. The molecule has 3 aliphatic rings. The van der Waals surface area contributed by atoms with Crippen molar-refractivity contribution in [1.82, 2.24) is 19.4 Å². The fourth-order valence-corrected chi connectivity index (χ4v) is 4.75. The van der Waals surface area contributed by atoms with Crippen LogP contribution in [0, 0.1) is 0 Å². The molecule has 2 aromatic heterocycles. The van der Waals surface area contributed by atoms with Crippen molar-refractivity contribution in [2.24, 2.45) is 0 Å². The van der Waals surface area contributed by atoms with Crippen molar-refractivity contribution in [1.29, 1.82) is 0 Å². The van der Waals surface area contributed by atoms with E-state index in [0.717, 1.165) is 18.9 Å². The van der Waals surface area contributed by atoms with Gasteiger partial charge in [0.15, 0.2) is 5.69 Å². The summed E-state index contributed by atoms with van der Waals surface area (Å²) in [5.41, 5.74) is -0.734. The molecule has 13 heteroatoms. The second-order valence-corrected chi connectivity index (χ2v) is 9.12. The number of fused-ring (bicyclic) bond motifs is 1. The molecule has 4 heterocycles. The van der Waals surface area contributed by atoms with Gasteiger partial charge >= 0.3 is 13.3 Å². The maximum absolute atomic E-state index is 13.7. The lowest BCUT2D eigenvalue weighted by Crippen LogP contribution is -2.57. The first-order valence-electron chi connectivity index (χ1n) is 10.8. The summed E-state index contributed by atoms with van der Waals surface area (Å²) in [7, 11) is -0.835. The van der Waals surface area contributed by atoms with Crippen LogP contribution in [-0.4, -0.2) is 75.7 Å². The van der Waals surface area contributed by atoms with Gasteiger partial charge in [-0.05, 0) is 49.2 Å². The van der Waals surface area contributed by atoms with Crippen LogP contribution in [-0.2, 0) is 15.6 Å². The fourth-order valence-electron chi connectivity index (χ4n) is 4.49. The molecule has 1 N–H and O–H groups in total. The van der Waals surface area contributed by atoms with E-state index in [1.54, 1.807) is 11.0 Å². The highest BCUT2D eigenvalue weighted by Crippen LogP contribution is 2.43. The third-order valence-corrected chi connectivity index (χ3v) is 6.82. The molecule has 2 aliphatic heterocycles. The van der Waals surface area contributed by atoms with Crippen LogP contribution in [0.2, 0.25) is 11.3 Å². The van der Waals surface area contributed by atoms with Crippen LogP contribution in [0.5, 0.6) is 0 Å². The average molecular weight is 485 g/mol. The van der Waals surface area contributed by atoms with E-state index in [-0.39, 0.29) is 60.3 Å². The molecule has 0 radical (unpaired) electrons. The van der Waals surface area contributed by atoms with Gasteiger partial charge in [0.1, 0.15) is 12.2 Å². The lowest BCUT2D eigenvalue weighted by molar-refractivity contribution is -0.142. The molecule has 5 rings (SSSR count). The molecule has 0 aromatic carbocycles. The number of amides is 2. The van der Waals surface area contributed by atoms with Gasteiger partial charge in [0.2, 0.25) is 5.91 Å². The first-order chi connectivity index (χ1) is 15.6. The Kier molecular flexibility index (Phi) is 5.57. The quantitative estimate of drug-likeness (QED) is 0.676. The summed E-state index contributed by atoms with van der Waals surface area (Å²) in [4.78, 5) is 28.7. The van der Waals surface area contributed by atoms with Crippen LogP contribution in [0.4, 0.5) is 13.2 Å². The van der Waals surface area contributed by atoms with E-state index in [0.29, 0.717) is 22.8 Å². The summed E-state index contributed by atoms with van der Waals surface area (Å²) in [6, 6.07) is 2.43. The van der Waals surface area contributed by atoms with Gasteiger partial charge in [-0.3, -0.25) is 9.59 Å². The summed E-state index contributed by atoms with van der Waals surface area (Å²) in [6.45, 7) is 0.413. The molecule has 2 saturated heterocycles. The third kappa shape index (κ3) is 4.19. The van der Waals surface area contributed by atoms with Gasteiger partial charge in [-0.25, -0.2) is 4.52 Å². The number of halogens is 4. The topological polar surface area (TPSA) is 87.4 Å². The Morgan fingerprint density at radius 2 is 2.00 bits per heavy atom. The monoisotopic (exact) mass is 484 g/mol. The van der Waals surface area contributed by atoms with Crippen LogP contribution in [0.15, 0.2) is 12.1 Å². The Labute approximate surface area is 192 Å². The van der Waals surface area contributed by atoms with E-state index in [9.17, 15) is 27.8 Å². The van der Waals surface area contributed by atoms with Gasteiger partial charge in [-0.1, -0.05) is 11.6 Å². The summed E-state index contributed by atoms with van der Waals surface area (Å²) in [6.07, 6.45) is -2.05. The number of nitrogens with zero attached hydrogens (tertiary/aromatic N) is 4. The maximum atomic E-state index is 13.7. The second-order valence-electron chi connectivity index (χ2n) is 8.74. The van der Waals surface area contributed by atoms with Crippen molar-refractivity contribution in [2.75, 3.05) is 26.2 Å². The van der Waals surface area contributed by atoms with E-state index in [1.807, 2.05) is 0 Å². The second kappa shape index (κ2) is 8.17. The summed E-state index contributed by atoms with van der Waals surface area (Å²) in [5.74, 6) is -0.934. The van der Waals surface area contributed by atoms with Crippen molar-refractivity contribution in [3.05, 3.63) is 34.1 Å². The molecule has 33 heavy (non-hydrogen) atoms. The average Bonchev–Trinajstić information content (AvgIpc) is 3.57. The molecule has 3 fully saturated rings. The summed E-state index contributed by atoms with van der Waals surface area (Å²) >= 11 is 6.36. The van der Waals surface area contributed by atoms with Crippen LogP contribution in [0.3, 0.4) is 0 Å². The third-order valence-electron chi connectivity index (χ3n) is 6.45. The minimum absolute atomic E-state index is 0.0274. The number of alkyl halides is 3. The van der Waals surface area contributed by atoms with Crippen LogP contribution >= 0.6 is 11.6 Å². The first-order valence-corrected chi connectivity index (χ1v) is 11.2. The molecule has 2 aromatic rings. The Hall–Kier alpha value is -2.31. The highest BCUT2D eigenvalue weighted by molar-refractivity contribution is 6.42. The number of piperazine rings is 1. The number of hydrogen-bond acceptors (Lipinski definition) is 5. The zero-order valence-electron chi connectivity index (χ0n) is 17.5. The number of pyridine rings is 1. The lowest BCUT2D eigenvalue weighted by atomic mass is 9.79. The van der Waals surface area contributed by atoms with Gasteiger partial charge < -0.3 is 19.5 Å². The molecule has 0 bridgehead atoms. The van der Waals surface area contributed by atoms with Crippen molar-refractivity contribution in [3.8, 4) is 0 Å². The van der Waals surface area contributed by atoms with E-state index >= 15 is 0 Å². The zero-order valence-corrected chi connectivity index (χ0v) is 18.3. The molecule has 8 nitrogen and oxygen atoms in total. The van der Waals surface area contributed by atoms with Crippen molar-refractivity contribution < 1.29 is 32.4 Å². The number of rotatable bonds is 3. The molecular weight excluding hydrogens is 464 g/mol. The largest absolute Gasteiger partial charge is 0.454 e. The van der Waals surface area contributed by atoms with Crippen LogP contribution < -0.4 is 0 Å². The number of carbonyl (C=O) groups is 2. The SMILES string of the molecule is O=C(c1nn2c(C(F)(F)F)cc(C3CC3)cc2c1Cl)N1CCN(C2CCB(O)OC2)C(=O)C1. The van der Waals surface area contributed by atoms with E-state index in [2.05, 4.69) is 5.10 Å². The highest BCUT2D eigenvalue weighted by atomic mass is 35.5. The predicted molar refractivity (Wildman–Crippen MR) is 112 cm³/mol. The van der Waals surface area contributed by atoms with Crippen LogP contribution in [0.25, 0.3) is 5.52 Å². The zero-order chi connectivity index (χ0) is 23.5. The van der Waals surface area contributed by atoms with Gasteiger partial charge in [0.25, 0.3) is 5.91 Å². The molecule has 1 saturated carbocycles. The van der Waals surface area contributed by atoms with E-state index in [4.69, 9.17) is 16.3 Å². The molecule has 1 aliphatic carbocycles. The molecule has 1 atom stereocenters. The Morgan fingerprint density at radius 1 is 1.24 bits per heavy atom. The lowest BCUT2D eigenvalue weighted by Gasteiger charge is -2.40. The van der Waals surface area contributed by atoms with Crippen molar-refractivity contribution in [2.45, 2.75) is 43.7 Å². The van der Waals surface area contributed by atoms with Gasteiger partial charge in [-0.2, -0.15) is 18.3 Å². The van der Waals surface area contributed by atoms with Gasteiger partial charge in [-0.15, -0.1) is 0 Å². The van der Waals surface area contributed by atoms with Gasteiger partial charge in [0.05, 0.1) is 23.2 Å². The number of hydrogen-bond donors (Lipinski definition) is 1. The Bertz CT molecular complexity index is 1110. The number of aromatic nitrogens is 2. The normalized spacial score (nSPS) is 22.4. The first kappa shape index (κ1) is 22.5. The molecular formula is C20H21BClF3N4O4. The standard InChI is InChI=1S/C20H21BClF3N4O4/c22-17-14-7-12(11-1-2-11)8-15(20(23,24)25)29(14)26-18(17)19(31)27-5-6-28(16(30)9-27)13-3-4-21(32)33-10-13/h7-8,11,13,32H,1-6,9-10H2. The highest BCUT2D eigenvalue weighted by Gasteiger charge is 2.39. The minimum atomic E-state index is -4.67. The van der Waals surface area contributed by atoms with Gasteiger partial charge in [0, 0.05) is 13.1 Å².